The van der Waals surface area contributed by atoms with E-state index >= 15 is 0 Å². The van der Waals surface area contributed by atoms with E-state index in [9.17, 15) is 14.9 Å². The van der Waals surface area contributed by atoms with Crippen LogP contribution < -0.4 is 10.6 Å². The summed E-state index contributed by atoms with van der Waals surface area (Å²) in [6, 6.07) is 6.47. The number of carbonyl (C=O) groups excluding carboxylic acids is 1. The quantitative estimate of drug-likeness (QED) is 0.611. The zero-order valence-corrected chi connectivity index (χ0v) is 15.9. The number of rotatable bonds is 5. The number of anilines is 1. The number of nitrogens with two attached hydrogens (primary N) is 1. The molecule has 0 bridgehead atoms. The summed E-state index contributed by atoms with van der Waals surface area (Å²) in [5.74, 6) is 0.0485. The fraction of sp³-hybridized carbons (Fsp3) is 0.412. The number of carbonyl (C=O) groups is 1. The van der Waals surface area contributed by atoms with Gasteiger partial charge in [0.2, 0.25) is 11.7 Å². The molecule has 2 aromatic rings. The molecule has 1 aromatic carbocycles. The maximum Gasteiger partial charge on any atom is 0.333 e. The Bertz CT molecular complexity index is 858. The van der Waals surface area contributed by atoms with Crippen LogP contribution in [0.1, 0.15) is 17.3 Å². The average Bonchev–Trinajstić information content (AvgIpc) is 2.91. The van der Waals surface area contributed by atoms with Crippen molar-refractivity contribution in [3.8, 4) is 0 Å². The molecule has 1 aromatic heterocycles. The molecule has 1 aliphatic rings. The molecule has 0 spiro atoms. The molecule has 0 aliphatic carbocycles. The number of amides is 1. The van der Waals surface area contributed by atoms with Crippen molar-refractivity contribution in [3.63, 3.8) is 0 Å². The number of benzene rings is 1. The molecule has 0 radical (unpaired) electrons. The van der Waals surface area contributed by atoms with Crippen molar-refractivity contribution in [3.05, 3.63) is 50.7 Å². The van der Waals surface area contributed by atoms with Gasteiger partial charge in [0.15, 0.2) is 0 Å². The highest BCUT2D eigenvalue weighted by Gasteiger charge is 2.33. The molecular formula is C17H21ClN6O3. The lowest BCUT2D eigenvalue weighted by Gasteiger charge is -2.38. The zero-order valence-electron chi connectivity index (χ0n) is 15.1. The number of hydrogen-bond acceptors (Lipinski definition) is 6. The highest BCUT2D eigenvalue weighted by molar-refractivity contribution is 6.30. The molecule has 0 saturated carbocycles. The van der Waals surface area contributed by atoms with Crippen LogP contribution in [0.3, 0.4) is 0 Å². The van der Waals surface area contributed by atoms with Crippen LogP contribution >= 0.6 is 11.6 Å². The molecule has 144 valence electrons. The SMILES string of the molecule is Cc1nn(C)c(N2CCN([C@@H](C(N)=O)c3ccc(Cl)cc3)CC2)c1[N+](=O)[O-]. The van der Waals surface area contributed by atoms with E-state index in [1.165, 1.54) is 4.68 Å². The average molecular weight is 393 g/mol. The van der Waals surface area contributed by atoms with Crippen molar-refractivity contribution in [1.82, 2.24) is 14.7 Å². The number of nitrogens with zero attached hydrogens (tertiary/aromatic N) is 5. The monoisotopic (exact) mass is 392 g/mol. The lowest BCUT2D eigenvalue weighted by molar-refractivity contribution is -0.384. The molecule has 10 heteroatoms. The lowest BCUT2D eigenvalue weighted by Crippen LogP contribution is -2.50. The van der Waals surface area contributed by atoms with Gasteiger partial charge in [-0.1, -0.05) is 23.7 Å². The molecule has 0 unspecified atom stereocenters. The van der Waals surface area contributed by atoms with Gasteiger partial charge in [0, 0.05) is 38.2 Å². The predicted octanol–water partition coefficient (Wildman–Crippen LogP) is 1.64. The van der Waals surface area contributed by atoms with Gasteiger partial charge in [-0.15, -0.1) is 0 Å². The molecule has 2 N–H and O–H groups in total. The normalized spacial score (nSPS) is 16.3. The summed E-state index contributed by atoms with van der Waals surface area (Å²) < 4.78 is 1.54. The molecule has 3 rings (SSSR count). The van der Waals surface area contributed by atoms with Gasteiger partial charge in [-0.3, -0.25) is 19.8 Å². The number of piperazine rings is 1. The third kappa shape index (κ3) is 3.74. The van der Waals surface area contributed by atoms with E-state index in [2.05, 4.69) is 5.10 Å². The number of halogens is 1. The minimum atomic E-state index is -0.562. The highest BCUT2D eigenvalue weighted by Crippen LogP contribution is 2.32. The van der Waals surface area contributed by atoms with E-state index in [-0.39, 0.29) is 5.69 Å². The van der Waals surface area contributed by atoms with Crippen molar-refractivity contribution in [2.24, 2.45) is 12.8 Å². The summed E-state index contributed by atoms with van der Waals surface area (Å²) in [4.78, 5) is 27.0. The van der Waals surface area contributed by atoms with Crippen molar-refractivity contribution < 1.29 is 9.72 Å². The van der Waals surface area contributed by atoms with Gasteiger partial charge in [-0.25, -0.2) is 4.68 Å². The van der Waals surface area contributed by atoms with Crippen LogP contribution in [0.4, 0.5) is 11.5 Å². The Kier molecular flexibility index (Phi) is 5.33. The van der Waals surface area contributed by atoms with Crippen molar-refractivity contribution in [2.45, 2.75) is 13.0 Å². The highest BCUT2D eigenvalue weighted by atomic mass is 35.5. The number of nitro groups is 1. The van der Waals surface area contributed by atoms with Crippen LogP contribution in [0.2, 0.25) is 5.02 Å². The van der Waals surface area contributed by atoms with Gasteiger partial charge < -0.3 is 10.6 Å². The Balaban J connectivity index is 1.79. The Morgan fingerprint density at radius 1 is 1.26 bits per heavy atom. The molecular weight excluding hydrogens is 372 g/mol. The summed E-state index contributed by atoms with van der Waals surface area (Å²) >= 11 is 5.93. The third-order valence-electron chi connectivity index (χ3n) is 4.78. The molecule has 27 heavy (non-hydrogen) atoms. The lowest BCUT2D eigenvalue weighted by atomic mass is 10.0. The van der Waals surface area contributed by atoms with Gasteiger partial charge >= 0.3 is 5.69 Å². The van der Waals surface area contributed by atoms with Crippen LogP contribution in [-0.2, 0) is 11.8 Å². The van der Waals surface area contributed by atoms with Crippen LogP contribution in [0.5, 0.6) is 0 Å². The molecule has 1 amide bonds. The smallest absolute Gasteiger partial charge is 0.333 e. The van der Waals surface area contributed by atoms with Gasteiger partial charge in [-0.05, 0) is 24.6 Å². The standard InChI is InChI=1S/C17H21ClN6O3/c1-11-14(24(26)27)17(21(2)20-11)23-9-7-22(8-10-23)15(16(19)25)12-3-5-13(18)6-4-12/h3-6,15H,7-10H2,1-2H3,(H2,19,25)/t15-/m1/s1. The molecule has 1 aliphatic heterocycles. The minimum Gasteiger partial charge on any atom is -0.368 e. The summed E-state index contributed by atoms with van der Waals surface area (Å²) in [7, 11) is 1.70. The van der Waals surface area contributed by atoms with E-state index < -0.39 is 16.9 Å². The van der Waals surface area contributed by atoms with Gasteiger partial charge in [0.1, 0.15) is 11.7 Å². The zero-order chi connectivity index (χ0) is 19.7. The Morgan fingerprint density at radius 3 is 2.37 bits per heavy atom. The van der Waals surface area contributed by atoms with Crippen molar-refractivity contribution in [2.75, 3.05) is 31.1 Å². The maximum atomic E-state index is 12.1. The molecule has 1 atom stereocenters. The van der Waals surface area contributed by atoms with Crippen LogP contribution in [0, 0.1) is 17.0 Å². The Hall–Kier alpha value is -2.65. The van der Waals surface area contributed by atoms with E-state index in [0.717, 1.165) is 5.56 Å². The molecule has 1 saturated heterocycles. The van der Waals surface area contributed by atoms with Crippen LogP contribution in [-0.4, -0.2) is 51.7 Å². The Morgan fingerprint density at radius 2 is 1.85 bits per heavy atom. The minimum absolute atomic E-state index is 0.0232. The Labute approximate surface area is 161 Å². The summed E-state index contributed by atoms with van der Waals surface area (Å²) in [6.07, 6.45) is 0. The van der Waals surface area contributed by atoms with Gasteiger partial charge in [0.05, 0.1) is 4.92 Å². The van der Waals surface area contributed by atoms with Crippen LogP contribution in [0.15, 0.2) is 24.3 Å². The second-order valence-electron chi connectivity index (χ2n) is 6.52. The van der Waals surface area contributed by atoms with Gasteiger partial charge in [-0.2, -0.15) is 5.10 Å². The molecule has 1 fully saturated rings. The molecule has 2 heterocycles. The first-order chi connectivity index (χ1) is 12.8. The van der Waals surface area contributed by atoms with Crippen molar-refractivity contribution >= 4 is 29.0 Å². The summed E-state index contributed by atoms with van der Waals surface area (Å²) in [5, 5.41) is 16.2. The number of hydrogen-bond donors (Lipinski definition) is 1. The number of aryl methyl sites for hydroxylation is 2. The summed E-state index contributed by atoms with van der Waals surface area (Å²) in [6.45, 7) is 3.76. The number of aromatic nitrogens is 2. The first-order valence-electron chi connectivity index (χ1n) is 8.51. The van der Waals surface area contributed by atoms with Gasteiger partial charge in [0.25, 0.3) is 0 Å². The van der Waals surface area contributed by atoms with E-state index in [1.807, 2.05) is 9.80 Å². The fourth-order valence-electron chi connectivity index (χ4n) is 3.60. The first kappa shape index (κ1) is 19.1. The maximum absolute atomic E-state index is 12.1. The van der Waals surface area contributed by atoms with E-state index in [4.69, 9.17) is 17.3 Å². The number of primary amides is 1. The first-order valence-corrected chi connectivity index (χ1v) is 8.89. The van der Waals surface area contributed by atoms with Crippen molar-refractivity contribution in [1.29, 1.82) is 0 Å². The summed E-state index contributed by atoms with van der Waals surface area (Å²) in [5.41, 5.74) is 6.83. The fourth-order valence-corrected chi connectivity index (χ4v) is 3.72. The van der Waals surface area contributed by atoms with E-state index in [1.54, 1.807) is 38.2 Å². The molecule has 9 nitrogen and oxygen atoms in total. The second kappa shape index (κ2) is 7.53. The van der Waals surface area contributed by atoms with E-state index in [0.29, 0.717) is 42.7 Å². The van der Waals surface area contributed by atoms with Crippen LogP contribution in [0.25, 0.3) is 0 Å². The predicted molar refractivity (Wildman–Crippen MR) is 102 cm³/mol. The third-order valence-corrected chi connectivity index (χ3v) is 5.03. The second-order valence-corrected chi connectivity index (χ2v) is 6.95. The largest absolute Gasteiger partial charge is 0.368 e. The topological polar surface area (TPSA) is 111 Å².